The number of amides is 1. The summed E-state index contributed by atoms with van der Waals surface area (Å²) in [5.74, 6) is -0.243. The summed E-state index contributed by atoms with van der Waals surface area (Å²) in [5, 5.41) is 0.942. The van der Waals surface area contributed by atoms with E-state index in [4.69, 9.17) is 33.4 Å². The van der Waals surface area contributed by atoms with Crippen molar-refractivity contribution in [3.8, 4) is 11.5 Å². The van der Waals surface area contributed by atoms with Crippen LogP contribution in [0.25, 0.3) is 22.6 Å². The smallest absolute Gasteiger partial charge is 0.251 e. The molecule has 0 radical (unpaired) electrons. The molecule has 4 nitrogen and oxygen atoms in total. The number of para-hydroxylation sites is 1. The van der Waals surface area contributed by atoms with Crippen LogP contribution in [0.3, 0.4) is 0 Å². The third-order valence-corrected chi connectivity index (χ3v) is 3.39. The summed E-state index contributed by atoms with van der Waals surface area (Å²) in [7, 11) is 0. The molecule has 2 N–H and O–H groups in total. The third kappa shape index (κ3) is 2.13. The normalized spacial score (nSPS) is 10.9. The molecule has 0 unspecified atom stereocenters. The second-order valence-corrected chi connectivity index (χ2v) is 5.00. The summed E-state index contributed by atoms with van der Waals surface area (Å²) < 4.78 is 5.62. The maximum atomic E-state index is 11.4. The van der Waals surface area contributed by atoms with Gasteiger partial charge in [-0.1, -0.05) is 29.3 Å². The summed E-state index contributed by atoms with van der Waals surface area (Å²) >= 11 is 12.0. The molecule has 20 heavy (non-hydrogen) atoms. The fraction of sp³-hybridized carbons (Fsp3) is 0. The van der Waals surface area contributed by atoms with Gasteiger partial charge in [-0.3, -0.25) is 4.79 Å². The molecule has 2 aromatic carbocycles. The van der Waals surface area contributed by atoms with Crippen LogP contribution in [0.1, 0.15) is 10.4 Å². The molecule has 0 spiro atoms. The lowest BCUT2D eigenvalue weighted by molar-refractivity contribution is 0.100. The lowest BCUT2D eigenvalue weighted by atomic mass is 10.2. The Bertz CT molecular complexity index is 827. The molecule has 0 atom stereocenters. The highest BCUT2D eigenvalue weighted by Gasteiger charge is 2.16. The van der Waals surface area contributed by atoms with E-state index in [2.05, 4.69) is 4.98 Å². The lowest BCUT2D eigenvalue weighted by Crippen LogP contribution is -2.11. The van der Waals surface area contributed by atoms with Crippen LogP contribution in [-0.2, 0) is 0 Å². The summed E-state index contributed by atoms with van der Waals surface area (Å²) in [6, 6.07) is 9.98. The molecule has 0 aliphatic heterocycles. The van der Waals surface area contributed by atoms with E-state index in [9.17, 15) is 4.79 Å². The molecule has 0 aliphatic carbocycles. The number of nitrogens with two attached hydrogens (primary N) is 1. The van der Waals surface area contributed by atoms with Crippen molar-refractivity contribution in [1.29, 1.82) is 0 Å². The number of halogens is 2. The van der Waals surface area contributed by atoms with E-state index in [1.54, 1.807) is 36.4 Å². The minimum atomic E-state index is -0.558. The number of aromatic nitrogens is 1. The molecular weight excluding hydrogens is 299 g/mol. The van der Waals surface area contributed by atoms with Crippen molar-refractivity contribution < 1.29 is 9.21 Å². The molecule has 0 bridgehead atoms. The summed E-state index contributed by atoms with van der Waals surface area (Å²) in [6.45, 7) is 0. The number of benzene rings is 2. The SMILES string of the molecule is NC(=O)c1cccc2oc(-c3ccc(Cl)cc3Cl)nc12. The topological polar surface area (TPSA) is 69.1 Å². The average Bonchev–Trinajstić information content (AvgIpc) is 2.81. The van der Waals surface area contributed by atoms with E-state index in [0.717, 1.165) is 0 Å². The van der Waals surface area contributed by atoms with Crippen LogP contribution >= 0.6 is 23.2 Å². The van der Waals surface area contributed by atoms with E-state index >= 15 is 0 Å². The van der Waals surface area contributed by atoms with Crippen LogP contribution < -0.4 is 5.73 Å². The predicted molar refractivity (Wildman–Crippen MR) is 78.0 cm³/mol. The zero-order valence-corrected chi connectivity index (χ0v) is 11.6. The molecule has 0 fully saturated rings. The quantitative estimate of drug-likeness (QED) is 0.780. The number of primary amides is 1. The fourth-order valence-electron chi connectivity index (χ4n) is 1.93. The molecule has 0 saturated heterocycles. The van der Waals surface area contributed by atoms with Crippen molar-refractivity contribution in [2.45, 2.75) is 0 Å². The summed E-state index contributed by atoms with van der Waals surface area (Å²) in [4.78, 5) is 15.7. The Labute approximate surface area is 124 Å². The Hall–Kier alpha value is -2.04. The highest BCUT2D eigenvalue weighted by atomic mass is 35.5. The molecule has 6 heteroatoms. The fourth-order valence-corrected chi connectivity index (χ4v) is 2.41. The number of hydrogen-bond acceptors (Lipinski definition) is 3. The Morgan fingerprint density at radius 1 is 1.20 bits per heavy atom. The van der Waals surface area contributed by atoms with E-state index in [1.807, 2.05) is 0 Å². The first-order valence-electron chi connectivity index (χ1n) is 5.71. The van der Waals surface area contributed by atoms with Gasteiger partial charge in [0.1, 0.15) is 5.52 Å². The minimum Gasteiger partial charge on any atom is -0.436 e. The van der Waals surface area contributed by atoms with Gasteiger partial charge in [-0.15, -0.1) is 0 Å². The van der Waals surface area contributed by atoms with Crippen molar-refractivity contribution in [3.05, 3.63) is 52.0 Å². The number of rotatable bonds is 2. The van der Waals surface area contributed by atoms with Crippen molar-refractivity contribution in [2.75, 3.05) is 0 Å². The van der Waals surface area contributed by atoms with Gasteiger partial charge in [0.25, 0.3) is 5.91 Å². The van der Waals surface area contributed by atoms with Gasteiger partial charge >= 0.3 is 0 Å². The number of hydrogen-bond donors (Lipinski definition) is 1. The first-order valence-corrected chi connectivity index (χ1v) is 6.46. The number of oxazole rings is 1. The Kier molecular flexibility index (Phi) is 3.12. The predicted octanol–water partition coefficient (Wildman–Crippen LogP) is 3.90. The Morgan fingerprint density at radius 2 is 2.00 bits per heavy atom. The monoisotopic (exact) mass is 306 g/mol. The van der Waals surface area contributed by atoms with Crippen LogP contribution in [0.4, 0.5) is 0 Å². The van der Waals surface area contributed by atoms with E-state index < -0.39 is 5.91 Å². The van der Waals surface area contributed by atoms with E-state index in [-0.39, 0.29) is 0 Å². The third-order valence-electron chi connectivity index (χ3n) is 2.85. The van der Waals surface area contributed by atoms with Gasteiger partial charge in [0, 0.05) is 5.02 Å². The van der Waals surface area contributed by atoms with Crippen LogP contribution in [0.2, 0.25) is 10.0 Å². The van der Waals surface area contributed by atoms with E-state index in [1.165, 1.54) is 0 Å². The van der Waals surface area contributed by atoms with Crippen LogP contribution in [-0.4, -0.2) is 10.9 Å². The number of nitrogens with zero attached hydrogens (tertiary/aromatic N) is 1. The van der Waals surface area contributed by atoms with Crippen molar-refractivity contribution in [1.82, 2.24) is 4.98 Å². The van der Waals surface area contributed by atoms with Gasteiger partial charge in [-0.2, -0.15) is 0 Å². The standard InChI is InChI=1S/C14H8Cl2N2O2/c15-7-4-5-8(10(16)6-7)14-18-12-9(13(17)19)2-1-3-11(12)20-14/h1-6H,(H2,17,19). The lowest BCUT2D eigenvalue weighted by Gasteiger charge is -1.99. The van der Waals surface area contributed by atoms with Gasteiger partial charge in [-0.25, -0.2) is 4.98 Å². The van der Waals surface area contributed by atoms with Gasteiger partial charge in [0.05, 0.1) is 16.1 Å². The summed E-state index contributed by atoms with van der Waals surface area (Å²) in [5.41, 5.74) is 7.11. The molecular formula is C14H8Cl2N2O2. The van der Waals surface area contributed by atoms with Crippen molar-refractivity contribution in [3.63, 3.8) is 0 Å². The first kappa shape index (κ1) is 13.0. The molecule has 0 aliphatic rings. The maximum Gasteiger partial charge on any atom is 0.251 e. The molecule has 1 amide bonds. The number of carbonyl (C=O) groups excluding carboxylic acids is 1. The molecule has 100 valence electrons. The molecule has 1 aromatic heterocycles. The maximum absolute atomic E-state index is 11.4. The molecule has 0 saturated carbocycles. The first-order chi connectivity index (χ1) is 9.56. The number of carbonyl (C=O) groups is 1. The van der Waals surface area contributed by atoms with Crippen molar-refractivity contribution in [2.24, 2.45) is 5.73 Å². The summed E-state index contributed by atoms with van der Waals surface area (Å²) in [6.07, 6.45) is 0. The van der Waals surface area contributed by atoms with Crippen molar-refractivity contribution >= 4 is 40.2 Å². The van der Waals surface area contributed by atoms with Crippen LogP contribution in [0, 0.1) is 0 Å². The van der Waals surface area contributed by atoms with Gasteiger partial charge < -0.3 is 10.2 Å². The van der Waals surface area contributed by atoms with Gasteiger partial charge in [-0.05, 0) is 30.3 Å². The van der Waals surface area contributed by atoms with Crippen LogP contribution in [0.5, 0.6) is 0 Å². The number of fused-ring (bicyclic) bond motifs is 1. The zero-order valence-electron chi connectivity index (χ0n) is 10.1. The molecule has 1 heterocycles. The molecule has 3 rings (SSSR count). The second-order valence-electron chi connectivity index (χ2n) is 4.16. The second kappa shape index (κ2) is 4.81. The highest BCUT2D eigenvalue weighted by molar-refractivity contribution is 6.36. The van der Waals surface area contributed by atoms with Crippen LogP contribution in [0.15, 0.2) is 40.8 Å². The Morgan fingerprint density at radius 3 is 2.70 bits per heavy atom. The minimum absolute atomic E-state index is 0.308. The highest BCUT2D eigenvalue weighted by Crippen LogP contribution is 2.32. The largest absolute Gasteiger partial charge is 0.436 e. The van der Waals surface area contributed by atoms with E-state index in [0.29, 0.717) is 38.2 Å². The average molecular weight is 307 g/mol. The molecule has 3 aromatic rings. The zero-order chi connectivity index (χ0) is 14.3. The van der Waals surface area contributed by atoms with Gasteiger partial charge in [0.15, 0.2) is 5.58 Å². The van der Waals surface area contributed by atoms with Gasteiger partial charge in [0.2, 0.25) is 5.89 Å². The Balaban J connectivity index is 2.23.